The predicted molar refractivity (Wildman–Crippen MR) is 32.3 cm³/mol. The van der Waals surface area contributed by atoms with Crippen molar-refractivity contribution in [2.45, 2.75) is 6.42 Å². The molecule has 0 saturated carbocycles. The number of hydrogen-bond donors (Lipinski definition) is 0. The summed E-state index contributed by atoms with van der Waals surface area (Å²) in [7, 11) is 1.99. The largest absolute Gasteiger partial charge is 0.479 e. The summed E-state index contributed by atoms with van der Waals surface area (Å²) < 4.78 is 5.12. The molecule has 0 aliphatic carbocycles. The molecule has 1 rings (SSSR count). The molecule has 1 aliphatic rings. The lowest BCUT2D eigenvalue weighted by molar-refractivity contribution is 0.0818. The fraction of sp³-hybridized carbons (Fsp3) is 0.667. The Hall–Kier alpha value is -0.660. The van der Waals surface area contributed by atoms with E-state index >= 15 is 0 Å². The van der Waals surface area contributed by atoms with Crippen molar-refractivity contribution in [2.24, 2.45) is 0 Å². The molecule has 0 amide bonds. The lowest BCUT2D eigenvalue weighted by Crippen LogP contribution is -2.26. The van der Waals surface area contributed by atoms with E-state index in [0.717, 1.165) is 25.5 Å². The van der Waals surface area contributed by atoms with Crippen LogP contribution in [0.1, 0.15) is 6.42 Å². The summed E-state index contributed by atoms with van der Waals surface area (Å²) in [6.07, 6.45) is 1.12. The molecule has 1 aliphatic heterocycles. The number of hydrogen-bond acceptors (Lipinski definition) is 2. The molecule has 0 atom stereocenters. The highest BCUT2D eigenvalue weighted by atomic mass is 16.5. The van der Waals surface area contributed by atoms with Crippen LogP contribution < -0.4 is 0 Å². The highest BCUT2D eigenvalue weighted by molar-refractivity contribution is 4.83. The van der Waals surface area contributed by atoms with E-state index in [1.165, 1.54) is 0 Å². The van der Waals surface area contributed by atoms with E-state index in [1.54, 1.807) is 0 Å². The zero-order valence-corrected chi connectivity index (χ0v) is 5.18. The zero-order chi connectivity index (χ0) is 5.98. The topological polar surface area (TPSA) is 12.5 Å². The van der Waals surface area contributed by atoms with Crippen molar-refractivity contribution in [1.29, 1.82) is 0 Å². The molecule has 0 aromatic rings. The van der Waals surface area contributed by atoms with Crippen LogP contribution in [0, 0.1) is 0 Å². The SMILES string of the molecule is C=C1OCCCN1C. The van der Waals surface area contributed by atoms with Crippen LogP contribution in [0.3, 0.4) is 0 Å². The maximum absolute atomic E-state index is 5.12. The number of nitrogens with zero attached hydrogens (tertiary/aromatic N) is 1. The van der Waals surface area contributed by atoms with Gasteiger partial charge in [0.2, 0.25) is 0 Å². The monoisotopic (exact) mass is 113 g/mol. The molecule has 0 radical (unpaired) electrons. The molecule has 1 heterocycles. The lowest BCUT2D eigenvalue weighted by atomic mass is 10.4. The van der Waals surface area contributed by atoms with E-state index in [1.807, 2.05) is 11.9 Å². The Labute approximate surface area is 49.7 Å². The Balaban J connectivity index is 2.39. The van der Waals surface area contributed by atoms with Gasteiger partial charge < -0.3 is 9.64 Å². The van der Waals surface area contributed by atoms with E-state index in [9.17, 15) is 0 Å². The van der Waals surface area contributed by atoms with E-state index in [-0.39, 0.29) is 0 Å². The van der Waals surface area contributed by atoms with Crippen LogP contribution in [0.25, 0.3) is 0 Å². The smallest absolute Gasteiger partial charge is 0.181 e. The highest BCUT2D eigenvalue weighted by Crippen LogP contribution is 2.07. The molecule has 0 bridgehead atoms. The van der Waals surface area contributed by atoms with Gasteiger partial charge in [-0.2, -0.15) is 0 Å². The van der Waals surface area contributed by atoms with Crippen LogP contribution >= 0.6 is 0 Å². The van der Waals surface area contributed by atoms with Crippen molar-refractivity contribution < 1.29 is 4.74 Å². The molecule has 2 nitrogen and oxygen atoms in total. The zero-order valence-electron chi connectivity index (χ0n) is 5.18. The van der Waals surface area contributed by atoms with Gasteiger partial charge in [0, 0.05) is 13.6 Å². The van der Waals surface area contributed by atoms with Crippen LogP contribution in [0.4, 0.5) is 0 Å². The first kappa shape index (κ1) is 5.48. The summed E-state index contributed by atoms with van der Waals surface area (Å²) in [6.45, 7) is 5.62. The van der Waals surface area contributed by atoms with E-state index in [2.05, 4.69) is 6.58 Å². The molecule has 8 heavy (non-hydrogen) atoms. The van der Waals surface area contributed by atoms with Gasteiger partial charge in [-0.3, -0.25) is 0 Å². The summed E-state index contributed by atoms with van der Waals surface area (Å²) in [4.78, 5) is 2.02. The summed E-state index contributed by atoms with van der Waals surface area (Å²) in [5.74, 6) is 0.802. The predicted octanol–water partition coefficient (Wildman–Crippen LogP) is 0.810. The minimum absolute atomic E-state index is 0.802. The Kier molecular flexibility index (Phi) is 1.42. The Bertz CT molecular complexity index is 101. The average molecular weight is 113 g/mol. The molecule has 2 heteroatoms. The minimum Gasteiger partial charge on any atom is -0.479 e. The standard InChI is InChI=1S/C6H11NO/c1-6-7(2)4-3-5-8-6/h1,3-5H2,2H3. The van der Waals surface area contributed by atoms with Gasteiger partial charge in [0.25, 0.3) is 0 Å². The van der Waals surface area contributed by atoms with Gasteiger partial charge in [-0.25, -0.2) is 0 Å². The fourth-order valence-electron chi connectivity index (χ4n) is 0.727. The van der Waals surface area contributed by atoms with Crippen molar-refractivity contribution in [1.82, 2.24) is 4.90 Å². The molecule has 0 unspecified atom stereocenters. The van der Waals surface area contributed by atoms with E-state index in [0.29, 0.717) is 0 Å². The first-order valence-electron chi connectivity index (χ1n) is 2.83. The van der Waals surface area contributed by atoms with Crippen LogP contribution in [-0.2, 0) is 4.74 Å². The third-order valence-electron chi connectivity index (χ3n) is 1.33. The normalized spacial score (nSPS) is 20.6. The molecular formula is C6H11NO. The number of rotatable bonds is 0. The van der Waals surface area contributed by atoms with Crippen molar-refractivity contribution in [3.63, 3.8) is 0 Å². The van der Waals surface area contributed by atoms with Crippen LogP contribution in [0.2, 0.25) is 0 Å². The Morgan fingerprint density at radius 3 is 2.88 bits per heavy atom. The van der Waals surface area contributed by atoms with Gasteiger partial charge in [0.15, 0.2) is 5.88 Å². The maximum Gasteiger partial charge on any atom is 0.181 e. The summed E-state index contributed by atoms with van der Waals surface area (Å²) >= 11 is 0. The lowest BCUT2D eigenvalue weighted by Gasteiger charge is -2.26. The van der Waals surface area contributed by atoms with Crippen LogP contribution in [-0.4, -0.2) is 25.1 Å². The second-order valence-corrected chi connectivity index (χ2v) is 2.02. The molecule has 46 valence electrons. The average Bonchev–Trinajstić information content (AvgIpc) is 1.77. The maximum atomic E-state index is 5.12. The Morgan fingerprint density at radius 2 is 2.50 bits per heavy atom. The van der Waals surface area contributed by atoms with Gasteiger partial charge in [-0.1, -0.05) is 0 Å². The van der Waals surface area contributed by atoms with Crippen LogP contribution in [0.15, 0.2) is 12.5 Å². The first-order valence-corrected chi connectivity index (χ1v) is 2.83. The number of ether oxygens (including phenoxy) is 1. The second-order valence-electron chi connectivity index (χ2n) is 2.02. The first-order chi connectivity index (χ1) is 3.80. The molecule has 0 aromatic carbocycles. The molecular weight excluding hydrogens is 102 g/mol. The Morgan fingerprint density at radius 1 is 1.75 bits per heavy atom. The molecule has 1 fully saturated rings. The van der Waals surface area contributed by atoms with E-state index in [4.69, 9.17) is 4.74 Å². The summed E-state index contributed by atoms with van der Waals surface area (Å²) in [6, 6.07) is 0. The fourth-order valence-corrected chi connectivity index (χ4v) is 0.727. The van der Waals surface area contributed by atoms with Crippen molar-refractivity contribution >= 4 is 0 Å². The molecule has 0 spiro atoms. The van der Waals surface area contributed by atoms with Crippen molar-refractivity contribution in [3.05, 3.63) is 12.5 Å². The van der Waals surface area contributed by atoms with Gasteiger partial charge in [-0.05, 0) is 13.0 Å². The van der Waals surface area contributed by atoms with Gasteiger partial charge in [0.05, 0.1) is 6.61 Å². The van der Waals surface area contributed by atoms with Gasteiger partial charge >= 0.3 is 0 Å². The molecule has 1 saturated heterocycles. The van der Waals surface area contributed by atoms with E-state index < -0.39 is 0 Å². The quantitative estimate of drug-likeness (QED) is 0.461. The summed E-state index contributed by atoms with van der Waals surface area (Å²) in [5, 5.41) is 0. The second kappa shape index (κ2) is 2.07. The third-order valence-corrected chi connectivity index (χ3v) is 1.33. The van der Waals surface area contributed by atoms with Crippen molar-refractivity contribution in [3.8, 4) is 0 Å². The van der Waals surface area contributed by atoms with Crippen LogP contribution in [0.5, 0.6) is 0 Å². The third kappa shape index (κ3) is 0.941. The summed E-state index contributed by atoms with van der Waals surface area (Å²) in [5.41, 5.74) is 0. The molecule has 0 aromatic heterocycles. The van der Waals surface area contributed by atoms with Crippen molar-refractivity contribution in [2.75, 3.05) is 20.2 Å². The van der Waals surface area contributed by atoms with Gasteiger partial charge in [0.1, 0.15) is 0 Å². The minimum atomic E-state index is 0.802. The highest BCUT2D eigenvalue weighted by Gasteiger charge is 2.07. The van der Waals surface area contributed by atoms with Gasteiger partial charge in [-0.15, -0.1) is 0 Å². The molecule has 0 N–H and O–H groups in total.